The summed E-state index contributed by atoms with van der Waals surface area (Å²) in [5, 5.41) is 50.2. The number of carboxylic acid groups (broad SMARTS) is 4. The number of amides is 1. The molecule has 0 radical (unpaired) electrons. The van der Waals surface area contributed by atoms with Crippen LogP contribution >= 0.6 is 34.5 Å². The largest absolute Gasteiger partial charge is 0.481 e. The minimum Gasteiger partial charge on any atom is -0.481 e. The van der Waals surface area contributed by atoms with Gasteiger partial charge in [-0.05, 0) is 63.0 Å². The van der Waals surface area contributed by atoms with Gasteiger partial charge in [0.15, 0.2) is 0 Å². The third-order valence-corrected chi connectivity index (χ3v) is 7.78. The quantitative estimate of drug-likeness (QED) is 0.0266. The van der Waals surface area contributed by atoms with Gasteiger partial charge in [-0.3, -0.25) is 38.8 Å². The second kappa shape index (κ2) is 25.2. The number of aliphatic carboxylic acids is 4. The fourth-order valence-electron chi connectivity index (χ4n) is 3.64. The standard InChI is InChI=1S/C12H16N2O4S.C8H15IN2O3.C7H11NO4/c15-12(16)8-2-1-5-9-13-19-11-7-4-3-6-10(11)14(17)18;9-5-7(12)11-4-2-1-3-6(10)8(13)14;9-6(10)4-1-2-5(7(11)12)8-3-4/h3-4,6-7,13H,1-2,5,8-9H2,(H,15,16);6H,1-5,10H2,(H,11,12)(H,13,14);4-5,8H,1-3H2,(H,9,10)(H,11,12)/t;6-;4-,5-/m.00/s1. The predicted molar refractivity (Wildman–Crippen MR) is 174 cm³/mol. The molecule has 1 fully saturated rings. The van der Waals surface area contributed by atoms with E-state index in [4.69, 9.17) is 26.2 Å². The smallest absolute Gasteiger partial charge is 0.320 e. The summed E-state index contributed by atoms with van der Waals surface area (Å²) in [6.07, 6.45) is 5.31. The van der Waals surface area contributed by atoms with Gasteiger partial charge in [0.1, 0.15) is 17.0 Å². The van der Waals surface area contributed by atoms with Crippen molar-refractivity contribution >= 4 is 70.0 Å². The number of alkyl halides is 1. The van der Waals surface area contributed by atoms with Gasteiger partial charge in [0, 0.05) is 32.1 Å². The summed E-state index contributed by atoms with van der Waals surface area (Å²) in [6, 6.07) is 5.20. The molecule has 1 aliphatic heterocycles. The summed E-state index contributed by atoms with van der Waals surface area (Å²) < 4.78 is 3.50. The summed E-state index contributed by atoms with van der Waals surface area (Å²) >= 11 is 3.22. The highest BCUT2D eigenvalue weighted by atomic mass is 127. The number of nitrogens with one attached hydrogen (secondary N) is 3. The van der Waals surface area contributed by atoms with Crippen LogP contribution in [0.25, 0.3) is 0 Å². The maximum Gasteiger partial charge on any atom is 0.320 e. The van der Waals surface area contributed by atoms with Crippen molar-refractivity contribution in [3.8, 4) is 0 Å². The minimum absolute atomic E-state index is 0.00753. The molecule has 1 amide bonds. The topological polar surface area (TPSA) is 272 Å². The number of carbonyl (C=O) groups excluding carboxylic acids is 1. The lowest BCUT2D eigenvalue weighted by Gasteiger charge is -2.24. The van der Waals surface area contributed by atoms with Crippen LogP contribution in [0.4, 0.5) is 5.69 Å². The molecule has 18 heteroatoms. The van der Waals surface area contributed by atoms with E-state index in [0.717, 1.165) is 25.7 Å². The molecule has 16 nitrogen and oxygen atoms in total. The third-order valence-electron chi connectivity index (χ3n) is 6.18. The Morgan fingerprint density at radius 3 is 2.20 bits per heavy atom. The third kappa shape index (κ3) is 21.3. The van der Waals surface area contributed by atoms with Crippen molar-refractivity contribution in [3.63, 3.8) is 0 Å². The van der Waals surface area contributed by atoms with Crippen molar-refractivity contribution in [2.75, 3.05) is 24.1 Å². The van der Waals surface area contributed by atoms with Gasteiger partial charge in [-0.15, -0.1) is 0 Å². The van der Waals surface area contributed by atoms with E-state index in [9.17, 15) is 34.1 Å². The maximum absolute atomic E-state index is 10.8. The molecule has 45 heavy (non-hydrogen) atoms. The van der Waals surface area contributed by atoms with Gasteiger partial charge in [-0.1, -0.05) is 41.1 Å². The number of carboxylic acids is 4. The summed E-state index contributed by atoms with van der Waals surface area (Å²) in [4.78, 5) is 63.2. The van der Waals surface area contributed by atoms with Crippen LogP contribution in [0, 0.1) is 16.0 Å². The fraction of sp³-hybridized carbons (Fsp3) is 0.593. The SMILES string of the molecule is N[C@@H](CCCCNC(=O)CI)C(=O)O.O=C(O)CCCCCNSc1ccccc1[N+](=O)[O-].O=C(O)[C@H]1CC[C@@H](C(=O)O)NC1. The molecule has 1 aliphatic rings. The molecule has 254 valence electrons. The normalized spacial score (nSPS) is 16.0. The molecular weight excluding hydrogens is 729 g/mol. The van der Waals surface area contributed by atoms with Crippen LogP contribution in [0.15, 0.2) is 29.2 Å². The second-order valence-electron chi connectivity index (χ2n) is 9.76. The Morgan fingerprint density at radius 2 is 1.67 bits per heavy atom. The molecule has 0 bridgehead atoms. The number of para-hydroxylation sites is 1. The van der Waals surface area contributed by atoms with Crippen molar-refractivity contribution < 1.29 is 49.3 Å². The zero-order chi connectivity index (χ0) is 34.2. The number of unbranched alkanes of at least 4 members (excludes halogenated alkanes) is 3. The zero-order valence-electron chi connectivity index (χ0n) is 24.7. The Balaban J connectivity index is 0.000000666. The number of nitro groups is 1. The van der Waals surface area contributed by atoms with Gasteiger partial charge in [0.05, 0.1) is 15.3 Å². The Morgan fingerprint density at radius 1 is 1.00 bits per heavy atom. The van der Waals surface area contributed by atoms with E-state index in [1.165, 1.54) is 18.0 Å². The molecule has 1 aromatic carbocycles. The second-order valence-corrected chi connectivity index (χ2v) is 11.5. The zero-order valence-corrected chi connectivity index (χ0v) is 27.7. The van der Waals surface area contributed by atoms with Crippen molar-refractivity contribution in [3.05, 3.63) is 34.4 Å². The number of nitrogens with zero attached hydrogens (tertiary/aromatic N) is 1. The molecule has 3 atom stereocenters. The van der Waals surface area contributed by atoms with Crippen LogP contribution < -0.4 is 21.1 Å². The molecule has 2 rings (SSSR count). The summed E-state index contributed by atoms with van der Waals surface area (Å²) in [5.74, 6) is -3.93. The molecule has 0 aromatic heterocycles. The average Bonchev–Trinajstić information content (AvgIpc) is 3.00. The molecule has 0 unspecified atom stereocenters. The Hall–Kier alpha value is -3.07. The van der Waals surface area contributed by atoms with E-state index in [1.807, 2.05) is 22.6 Å². The number of carbonyl (C=O) groups is 5. The highest BCUT2D eigenvalue weighted by Crippen LogP contribution is 2.26. The van der Waals surface area contributed by atoms with Crippen LogP contribution in [0.5, 0.6) is 0 Å². The van der Waals surface area contributed by atoms with Crippen molar-refractivity contribution in [2.45, 2.75) is 74.8 Å². The summed E-state index contributed by atoms with van der Waals surface area (Å²) in [5.41, 5.74) is 5.39. The van der Waals surface area contributed by atoms with Gasteiger partial charge in [0.25, 0.3) is 5.69 Å². The molecule has 0 aliphatic carbocycles. The highest BCUT2D eigenvalue weighted by molar-refractivity contribution is 14.1. The number of nitrogens with two attached hydrogens (primary N) is 1. The van der Waals surface area contributed by atoms with Crippen molar-refractivity contribution in [2.24, 2.45) is 11.7 Å². The molecule has 1 saturated heterocycles. The van der Waals surface area contributed by atoms with Crippen LogP contribution in [-0.2, 0) is 24.0 Å². The number of hydrogen-bond donors (Lipinski definition) is 8. The molecular formula is C27H42IN5O11S. The van der Waals surface area contributed by atoms with Crippen LogP contribution in [0.2, 0.25) is 0 Å². The van der Waals surface area contributed by atoms with Crippen LogP contribution in [0.1, 0.15) is 57.8 Å². The van der Waals surface area contributed by atoms with Gasteiger partial charge in [0.2, 0.25) is 5.91 Å². The van der Waals surface area contributed by atoms with Gasteiger partial charge >= 0.3 is 23.9 Å². The van der Waals surface area contributed by atoms with E-state index in [2.05, 4.69) is 15.4 Å². The van der Waals surface area contributed by atoms with Gasteiger partial charge < -0.3 is 36.8 Å². The van der Waals surface area contributed by atoms with Gasteiger partial charge in [-0.2, -0.15) is 0 Å². The molecule has 1 heterocycles. The maximum atomic E-state index is 10.8. The van der Waals surface area contributed by atoms with Crippen LogP contribution in [0.3, 0.4) is 0 Å². The monoisotopic (exact) mass is 771 g/mol. The first-order chi connectivity index (χ1) is 21.3. The molecule has 0 spiro atoms. The molecule has 1 aromatic rings. The first-order valence-corrected chi connectivity index (χ1v) is 16.5. The average molecular weight is 772 g/mol. The summed E-state index contributed by atoms with van der Waals surface area (Å²) in [7, 11) is 0. The predicted octanol–water partition coefficient (Wildman–Crippen LogP) is 2.48. The fourth-order valence-corrected chi connectivity index (χ4v) is 4.70. The molecule has 0 saturated carbocycles. The lowest BCUT2D eigenvalue weighted by Crippen LogP contribution is -2.45. The highest BCUT2D eigenvalue weighted by Gasteiger charge is 2.28. The Labute approximate surface area is 278 Å². The Bertz CT molecular complexity index is 1070. The van der Waals surface area contributed by atoms with E-state index < -0.39 is 46.8 Å². The van der Waals surface area contributed by atoms with Crippen molar-refractivity contribution in [1.29, 1.82) is 0 Å². The number of piperidine rings is 1. The van der Waals surface area contributed by atoms with E-state index in [1.54, 1.807) is 18.2 Å². The first-order valence-electron chi connectivity index (χ1n) is 14.1. The minimum atomic E-state index is -0.971. The van der Waals surface area contributed by atoms with E-state index in [-0.39, 0.29) is 24.6 Å². The van der Waals surface area contributed by atoms with E-state index >= 15 is 0 Å². The number of nitro benzene ring substituents is 1. The van der Waals surface area contributed by atoms with Crippen LogP contribution in [-0.4, -0.2) is 91.3 Å². The lowest BCUT2D eigenvalue weighted by atomic mass is 9.95. The Kier molecular flexibility index (Phi) is 23.4. The van der Waals surface area contributed by atoms with Gasteiger partial charge in [-0.25, -0.2) is 0 Å². The number of hydrogen-bond acceptors (Lipinski definition) is 11. The number of rotatable bonds is 18. The lowest BCUT2D eigenvalue weighted by molar-refractivity contribution is -0.387. The molecule has 9 N–H and O–H groups in total. The number of benzene rings is 1. The van der Waals surface area contributed by atoms with E-state index in [0.29, 0.717) is 48.1 Å². The first kappa shape index (κ1) is 41.9. The van der Waals surface area contributed by atoms with Crippen molar-refractivity contribution in [1.82, 2.24) is 15.4 Å². The number of halogens is 1. The summed E-state index contributed by atoms with van der Waals surface area (Å²) in [6.45, 7) is 1.54.